The average molecular weight is 516 g/mol. The van der Waals surface area contributed by atoms with Gasteiger partial charge in [0, 0.05) is 12.1 Å². The van der Waals surface area contributed by atoms with Gasteiger partial charge in [-0.1, -0.05) is 71.4 Å². The number of unbranched alkanes of at least 4 members (excludes halogenated alkanes) is 2. The van der Waals surface area contributed by atoms with Crippen LogP contribution in [0.3, 0.4) is 0 Å². The predicted molar refractivity (Wildman–Crippen MR) is 151 cm³/mol. The van der Waals surface area contributed by atoms with Gasteiger partial charge >= 0.3 is 6.09 Å². The average Bonchev–Trinajstić information content (AvgIpc) is 2.81. The highest BCUT2D eigenvalue weighted by Gasteiger charge is 2.43. The lowest BCUT2D eigenvalue weighted by atomic mass is 9.90. The molecular formula is C30H49N3O4. The van der Waals surface area contributed by atoms with Crippen LogP contribution in [0.5, 0.6) is 0 Å². The van der Waals surface area contributed by atoms with E-state index in [1.807, 2.05) is 58.9 Å². The number of carbonyl (C=O) groups is 3. The van der Waals surface area contributed by atoms with Crippen LogP contribution >= 0.6 is 0 Å². The van der Waals surface area contributed by atoms with Gasteiger partial charge in [-0.15, -0.1) is 0 Å². The molecule has 0 aliphatic rings. The lowest BCUT2D eigenvalue weighted by molar-refractivity contribution is -0.150. The van der Waals surface area contributed by atoms with Crippen LogP contribution in [0.15, 0.2) is 30.8 Å². The van der Waals surface area contributed by atoms with Crippen molar-refractivity contribution in [3.63, 3.8) is 0 Å². The molecule has 2 unspecified atom stereocenters. The van der Waals surface area contributed by atoms with E-state index in [9.17, 15) is 14.4 Å². The van der Waals surface area contributed by atoms with Crippen molar-refractivity contribution in [3.05, 3.63) is 42.0 Å². The molecule has 0 aromatic heterocycles. The molecule has 0 fully saturated rings. The fourth-order valence-corrected chi connectivity index (χ4v) is 4.00. The molecule has 208 valence electrons. The summed E-state index contributed by atoms with van der Waals surface area (Å²) in [5, 5.41) is 5.83. The van der Waals surface area contributed by atoms with E-state index in [1.165, 1.54) is 0 Å². The Hall–Kier alpha value is -2.83. The highest BCUT2D eigenvalue weighted by atomic mass is 16.6. The second-order valence-corrected chi connectivity index (χ2v) is 11.5. The van der Waals surface area contributed by atoms with E-state index in [4.69, 9.17) is 4.74 Å². The van der Waals surface area contributed by atoms with Crippen LogP contribution < -0.4 is 10.6 Å². The maximum atomic E-state index is 14.3. The maximum Gasteiger partial charge on any atom is 0.408 e. The van der Waals surface area contributed by atoms with Crippen molar-refractivity contribution < 1.29 is 19.1 Å². The zero-order valence-electron chi connectivity index (χ0n) is 24.4. The van der Waals surface area contributed by atoms with Gasteiger partial charge < -0.3 is 20.3 Å². The van der Waals surface area contributed by atoms with Gasteiger partial charge in [0.05, 0.1) is 0 Å². The van der Waals surface area contributed by atoms with E-state index in [2.05, 4.69) is 24.1 Å². The summed E-state index contributed by atoms with van der Waals surface area (Å²) in [5.41, 5.74) is 0.161. The second kappa shape index (κ2) is 14.2. The summed E-state index contributed by atoms with van der Waals surface area (Å²) in [6, 6.07) is 5.76. The van der Waals surface area contributed by atoms with E-state index in [-0.39, 0.29) is 17.7 Å². The normalized spacial score (nSPS) is 13.5. The molecule has 7 nitrogen and oxygen atoms in total. The number of benzene rings is 1. The predicted octanol–water partition coefficient (Wildman–Crippen LogP) is 6.24. The lowest BCUT2D eigenvalue weighted by Crippen LogP contribution is -2.60. The Morgan fingerprint density at radius 1 is 1.08 bits per heavy atom. The topological polar surface area (TPSA) is 87.7 Å². The third kappa shape index (κ3) is 9.86. The number of amides is 3. The fourth-order valence-electron chi connectivity index (χ4n) is 4.00. The number of rotatable bonds is 13. The van der Waals surface area contributed by atoms with Crippen LogP contribution in [0.4, 0.5) is 4.79 Å². The molecule has 1 aromatic rings. The summed E-state index contributed by atoms with van der Waals surface area (Å²) < 4.78 is 5.45. The molecule has 3 amide bonds. The zero-order chi connectivity index (χ0) is 28.4. The first kappa shape index (κ1) is 32.2. The molecular weight excluding hydrogens is 466 g/mol. The summed E-state index contributed by atoms with van der Waals surface area (Å²) in [6.07, 6.45) is 4.58. The molecule has 2 N–H and O–H groups in total. The molecule has 1 rings (SSSR count). The molecule has 0 saturated carbocycles. The molecule has 0 saturated heterocycles. The minimum atomic E-state index is -0.884. The molecule has 0 aliphatic carbocycles. The Balaban J connectivity index is 3.60. The maximum absolute atomic E-state index is 14.3. The molecule has 1 aromatic carbocycles. The van der Waals surface area contributed by atoms with Gasteiger partial charge in [-0.05, 0) is 70.6 Å². The highest BCUT2D eigenvalue weighted by molar-refractivity contribution is 5.93. The van der Waals surface area contributed by atoms with Gasteiger partial charge in [0.25, 0.3) is 0 Å². The zero-order valence-corrected chi connectivity index (χ0v) is 24.4. The summed E-state index contributed by atoms with van der Waals surface area (Å²) in [5.74, 6) is -0.805. The molecule has 7 heteroatoms. The smallest absolute Gasteiger partial charge is 0.408 e. The van der Waals surface area contributed by atoms with Gasteiger partial charge in [0.2, 0.25) is 11.8 Å². The van der Waals surface area contributed by atoms with E-state index in [1.54, 1.807) is 31.7 Å². The number of nitrogens with zero attached hydrogens (tertiary/aromatic N) is 1. The monoisotopic (exact) mass is 515 g/mol. The first-order chi connectivity index (χ1) is 17.2. The standard InChI is InChI=1S/C30H49N3O4/c1-11-14-15-19-31-26(34)25(23-18-16-17-22(12-2)20-23)33(30(9,10)13-3)27(35)24(21(4)5)32-28(36)37-29(6,7)8/h12,16-18,20-21,24-25H,2,11,13-15,19H2,1,3-10H3,(H,31,34)(H,32,36). The van der Waals surface area contributed by atoms with E-state index in [0.29, 0.717) is 18.5 Å². The van der Waals surface area contributed by atoms with Crippen LogP contribution in [0.1, 0.15) is 105 Å². The minimum absolute atomic E-state index is 0.233. The van der Waals surface area contributed by atoms with Crippen molar-refractivity contribution >= 4 is 24.0 Å². The Bertz CT molecular complexity index is 918. The summed E-state index contributed by atoms with van der Waals surface area (Å²) >= 11 is 0. The third-order valence-corrected chi connectivity index (χ3v) is 6.41. The van der Waals surface area contributed by atoms with Crippen LogP contribution in [0.25, 0.3) is 6.08 Å². The van der Waals surface area contributed by atoms with Crippen molar-refractivity contribution in [1.82, 2.24) is 15.5 Å². The molecule has 0 radical (unpaired) electrons. The Kier molecular flexibility index (Phi) is 12.4. The molecule has 0 spiro atoms. The number of carbonyl (C=O) groups excluding carboxylic acids is 3. The Labute approximate surface area is 224 Å². The van der Waals surface area contributed by atoms with Crippen LogP contribution in [-0.4, -0.2) is 46.5 Å². The second-order valence-electron chi connectivity index (χ2n) is 11.5. The third-order valence-electron chi connectivity index (χ3n) is 6.41. The van der Waals surface area contributed by atoms with Gasteiger partial charge in [0.1, 0.15) is 17.7 Å². The SMILES string of the molecule is C=Cc1cccc(C(C(=O)NCCCCC)N(C(=O)C(NC(=O)OC(C)(C)C)C(C)C)C(C)(C)CC)c1. The molecule has 37 heavy (non-hydrogen) atoms. The Morgan fingerprint density at radius 3 is 2.24 bits per heavy atom. The van der Waals surface area contributed by atoms with E-state index < -0.39 is 29.3 Å². The Morgan fingerprint density at radius 2 is 1.73 bits per heavy atom. The molecule has 0 bridgehead atoms. The summed E-state index contributed by atoms with van der Waals surface area (Å²) in [4.78, 5) is 42.4. The van der Waals surface area contributed by atoms with Gasteiger partial charge in [-0.2, -0.15) is 0 Å². The van der Waals surface area contributed by atoms with Crippen molar-refractivity contribution in [2.24, 2.45) is 5.92 Å². The number of alkyl carbamates (subject to hydrolysis) is 1. The van der Waals surface area contributed by atoms with Crippen molar-refractivity contribution in [2.45, 2.75) is 111 Å². The number of ether oxygens (including phenoxy) is 1. The fraction of sp³-hybridized carbons (Fsp3) is 0.633. The van der Waals surface area contributed by atoms with Crippen LogP contribution in [-0.2, 0) is 14.3 Å². The first-order valence-corrected chi connectivity index (χ1v) is 13.5. The summed E-state index contributed by atoms with van der Waals surface area (Å²) in [7, 11) is 0. The van der Waals surface area contributed by atoms with Crippen molar-refractivity contribution in [1.29, 1.82) is 0 Å². The number of hydrogen-bond acceptors (Lipinski definition) is 4. The molecule has 2 atom stereocenters. The lowest BCUT2D eigenvalue weighted by Gasteiger charge is -2.45. The quantitative estimate of drug-likeness (QED) is 0.304. The van der Waals surface area contributed by atoms with E-state index >= 15 is 0 Å². The highest BCUT2D eigenvalue weighted by Crippen LogP contribution is 2.33. The van der Waals surface area contributed by atoms with Gasteiger partial charge in [-0.3, -0.25) is 9.59 Å². The summed E-state index contributed by atoms with van der Waals surface area (Å²) in [6.45, 7) is 21.5. The number of hydrogen-bond donors (Lipinski definition) is 2. The van der Waals surface area contributed by atoms with Gasteiger partial charge in [0.15, 0.2) is 0 Å². The number of nitrogens with one attached hydrogen (secondary N) is 2. The van der Waals surface area contributed by atoms with Crippen LogP contribution in [0.2, 0.25) is 0 Å². The van der Waals surface area contributed by atoms with E-state index in [0.717, 1.165) is 24.8 Å². The van der Waals surface area contributed by atoms with Crippen molar-refractivity contribution in [2.75, 3.05) is 6.54 Å². The minimum Gasteiger partial charge on any atom is -0.444 e. The molecule has 0 heterocycles. The molecule has 0 aliphatic heterocycles. The largest absolute Gasteiger partial charge is 0.444 e. The van der Waals surface area contributed by atoms with Crippen molar-refractivity contribution in [3.8, 4) is 0 Å². The van der Waals surface area contributed by atoms with Gasteiger partial charge in [-0.25, -0.2) is 4.79 Å². The van der Waals surface area contributed by atoms with Crippen LogP contribution in [0, 0.1) is 5.92 Å². The first-order valence-electron chi connectivity index (χ1n) is 13.5.